The van der Waals surface area contributed by atoms with Gasteiger partial charge in [0, 0.05) is 13.0 Å². The van der Waals surface area contributed by atoms with Crippen LogP contribution in [-0.4, -0.2) is 26.0 Å². The molecule has 0 aromatic carbocycles. The fraction of sp³-hybridized carbons (Fsp3) is 0.800. The lowest BCUT2D eigenvalue weighted by atomic mass is 10.1. The van der Waals surface area contributed by atoms with Gasteiger partial charge in [0.1, 0.15) is 12.2 Å². The molecule has 0 aliphatic rings. The van der Waals surface area contributed by atoms with Gasteiger partial charge >= 0.3 is 0 Å². The Morgan fingerprint density at radius 1 is 1.50 bits per heavy atom. The van der Waals surface area contributed by atoms with Crippen molar-refractivity contribution in [2.75, 3.05) is 0 Å². The molecule has 1 aromatic heterocycles. The third-order valence-corrected chi connectivity index (χ3v) is 2.30. The quantitative estimate of drug-likeness (QED) is 0.749. The van der Waals surface area contributed by atoms with E-state index in [1.54, 1.807) is 6.33 Å². The van der Waals surface area contributed by atoms with E-state index in [9.17, 15) is 5.11 Å². The first kappa shape index (κ1) is 11.2. The zero-order valence-corrected chi connectivity index (χ0v) is 8.98. The summed E-state index contributed by atoms with van der Waals surface area (Å²) >= 11 is 0. The molecular weight excluding hydrogens is 178 g/mol. The zero-order chi connectivity index (χ0) is 10.4. The maximum absolute atomic E-state index is 9.42. The van der Waals surface area contributed by atoms with E-state index >= 15 is 0 Å². The minimum atomic E-state index is -0.207. The van der Waals surface area contributed by atoms with Crippen LogP contribution in [-0.2, 0) is 13.0 Å². The number of rotatable bonds is 6. The number of aromatic nitrogens is 3. The average molecular weight is 197 g/mol. The van der Waals surface area contributed by atoms with E-state index in [1.165, 1.54) is 0 Å². The molecule has 1 unspecified atom stereocenters. The normalized spacial score (nSPS) is 13.1. The topological polar surface area (TPSA) is 50.9 Å². The fourth-order valence-corrected chi connectivity index (χ4v) is 1.38. The van der Waals surface area contributed by atoms with Crippen molar-refractivity contribution in [3.8, 4) is 0 Å². The molecule has 0 saturated carbocycles. The summed E-state index contributed by atoms with van der Waals surface area (Å²) < 4.78 is 1.92. The van der Waals surface area contributed by atoms with Gasteiger partial charge in [-0.15, -0.1) is 0 Å². The lowest BCUT2D eigenvalue weighted by molar-refractivity contribution is 0.159. The molecule has 0 bridgehead atoms. The highest BCUT2D eigenvalue weighted by molar-refractivity contribution is 4.85. The molecule has 0 aliphatic heterocycles. The molecule has 4 heteroatoms. The molecular formula is C10H19N3O. The van der Waals surface area contributed by atoms with Crippen LogP contribution in [0.15, 0.2) is 6.33 Å². The lowest BCUT2D eigenvalue weighted by Gasteiger charge is -2.07. The zero-order valence-electron chi connectivity index (χ0n) is 8.98. The van der Waals surface area contributed by atoms with Gasteiger partial charge in [0.2, 0.25) is 0 Å². The Labute approximate surface area is 85.0 Å². The predicted octanol–water partition coefficient (Wildman–Crippen LogP) is 1.39. The van der Waals surface area contributed by atoms with Crippen LogP contribution >= 0.6 is 0 Å². The van der Waals surface area contributed by atoms with Crippen LogP contribution in [0.4, 0.5) is 0 Å². The lowest BCUT2D eigenvalue weighted by Crippen LogP contribution is -2.10. The molecule has 0 aliphatic carbocycles. The largest absolute Gasteiger partial charge is 0.393 e. The third-order valence-electron chi connectivity index (χ3n) is 2.30. The molecule has 0 saturated heterocycles. The Morgan fingerprint density at radius 2 is 2.29 bits per heavy atom. The first-order valence-corrected chi connectivity index (χ1v) is 5.32. The molecule has 0 fully saturated rings. The maximum Gasteiger partial charge on any atom is 0.138 e. The van der Waals surface area contributed by atoms with Crippen LogP contribution in [0.5, 0.6) is 0 Å². The van der Waals surface area contributed by atoms with Crippen molar-refractivity contribution in [2.45, 2.75) is 52.2 Å². The van der Waals surface area contributed by atoms with Crippen molar-refractivity contribution in [2.24, 2.45) is 0 Å². The Balaban J connectivity index is 2.45. The Hall–Kier alpha value is -0.900. The summed E-state index contributed by atoms with van der Waals surface area (Å²) in [4.78, 5) is 4.18. The predicted molar refractivity (Wildman–Crippen MR) is 54.9 cm³/mol. The minimum absolute atomic E-state index is 0.207. The van der Waals surface area contributed by atoms with Gasteiger partial charge in [-0.2, -0.15) is 5.10 Å². The summed E-state index contributed by atoms with van der Waals surface area (Å²) in [6, 6.07) is 0. The first-order chi connectivity index (χ1) is 6.77. The van der Waals surface area contributed by atoms with E-state index in [0.29, 0.717) is 0 Å². The smallest absolute Gasteiger partial charge is 0.138 e. The molecule has 1 atom stereocenters. The van der Waals surface area contributed by atoms with Gasteiger partial charge in [-0.25, -0.2) is 4.98 Å². The van der Waals surface area contributed by atoms with Gasteiger partial charge < -0.3 is 5.11 Å². The summed E-state index contributed by atoms with van der Waals surface area (Å²) in [7, 11) is 0. The average Bonchev–Trinajstić information content (AvgIpc) is 2.62. The van der Waals surface area contributed by atoms with Crippen LogP contribution in [0.1, 0.15) is 38.9 Å². The second kappa shape index (κ2) is 5.75. The Morgan fingerprint density at radius 3 is 2.93 bits per heavy atom. The van der Waals surface area contributed by atoms with E-state index in [1.807, 2.05) is 11.6 Å². The van der Waals surface area contributed by atoms with Crippen molar-refractivity contribution in [1.82, 2.24) is 14.8 Å². The molecule has 1 rings (SSSR count). The Kier molecular flexibility index (Phi) is 4.59. The number of hydrogen-bond acceptors (Lipinski definition) is 3. The summed E-state index contributed by atoms with van der Waals surface area (Å²) in [5, 5.41) is 13.6. The van der Waals surface area contributed by atoms with Gasteiger partial charge in [0.15, 0.2) is 0 Å². The van der Waals surface area contributed by atoms with E-state index in [2.05, 4.69) is 17.0 Å². The van der Waals surface area contributed by atoms with E-state index in [-0.39, 0.29) is 6.10 Å². The first-order valence-electron chi connectivity index (χ1n) is 5.32. The Bertz CT molecular complexity index is 260. The molecule has 1 heterocycles. The molecule has 0 spiro atoms. The summed E-state index contributed by atoms with van der Waals surface area (Å²) in [5.74, 6) is 0.986. The van der Waals surface area contributed by atoms with Gasteiger partial charge in [-0.05, 0) is 19.3 Å². The van der Waals surface area contributed by atoms with Crippen molar-refractivity contribution >= 4 is 0 Å². The number of hydrogen-bond donors (Lipinski definition) is 1. The highest BCUT2D eigenvalue weighted by atomic mass is 16.3. The SMILES string of the molecule is CCCn1ncnc1CCC(O)CC. The van der Waals surface area contributed by atoms with Crippen LogP contribution in [0, 0.1) is 0 Å². The monoisotopic (exact) mass is 197 g/mol. The standard InChI is InChI=1S/C10H19N3O/c1-3-7-13-10(11-8-12-13)6-5-9(14)4-2/h8-9,14H,3-7H2,1-2H3. The molecule has 0 radical (unpaired) electrons. The molecule has 14 heavy (non-hydrogen) atoms. The van der Waals surface area contributed by atoms with Gasteiger partial charge in [0.25, 0.3) is 0 Å². The van der Waals surface area contributed by atoms with Crippen molar-refractivity contribution in [1.29, 1.82) is 0 Å². The summed E-state index contributed by atoms with van der Waals surface area (Å²) in [6.07, 6.45) is 4.84. The third kappa shape index (κ3) is 3.10. The van der Waals surface area contributed by atoms with E-state index in [0.717, 1.165) is 38.1 Å². The van der Waals surface area contributed by atoms with Crippen molar-refractivity contribution < 1.29 is 5.11 Å². The number of aliphatic hydroxyl groups excluding tert-OH is 1. The number of aliphatic hydroxyl groups is 1. The van der Waals surface area contributed by atoms with Gasteiger partial charge in [-0.1, -0.05) is 13.8 Å². The van der Waals surface area contributed by atoms with Gasteiger partial charge in [-0.3, -0.25) is 4.68 Å². The van der Waals surface area contributed by atoms with E-state index < -0.39 is 0 Å². The molecule has 1 N–H and O–H groups in total. The molecule has 4 nitrogen and oxygen atoms in total. The van der Waals surface area contributed by atoms with Crippen LogP contribution < -0.4 is 0 Å². The second-order valence-electron chi connectivity index (χ2n) is 3.50. The summed E-state index contributed by atoms with van der Waals surface area (Å²) in [5.41, 5.74) is 0. The van der Waals surface area contributed by atoms with Crippen LogP contribution in [0.25, 0.3) is 0 Å². The highest BCUT2D eigenvalue weighted by Crippen LogP contribution is 2.04. The molecule has 0 amide bonds. The minimum Gasteiger partial charge on any atom is -0.393 e. The second-order valence-corrected chi connectivity index (χ2v) is 3.50. The maximum atomic E-state index is 9.42. The van der Waals surface area contributed by atoms with Crippen LogP contribution in [0.2, 0.25) is 0 Å². The van der Waals surface area contributed by atoms with Crippen molar-refractivity contribution in [3.63, 3.8) is 0 Å². The van der Waals surface area contributed by atoms with Gasteiger partial charge in [0.05, 0.1) is 6.10 Å². The van der Waals surface area contributed by atoms with Crippen molar-refractivity contribution in [3.05, 3.63) is 12.2 Å². The number of aryl methyl sites for hydroxylation is 2. The molecule has 1 aromatic rings. The number of nitrogens with zero attached hydrogens (tertiary/aromatic N) is 3. The van der Waals surface area contributed by atoms with E-state index in [4.69, 9.17) is 0 Å². The summed E-state index contributed by atoms with van der Waals surface area (Å²) in [6.45, 7) is 5.02. The highest BCUT2D eigenvalue weighted by Gasteiger charge is 2.06. The molecule has 80 valence electrons. The van der Waals surface area contributed by atoms with Crippen LogP contribution in [0.3, 0.4) is 0 Å². The fourth-order valence-electron chi connectivity index (χ4n) is 1.38.